The molecule has 1 aromatic carbocycles. The Morgan fingerprint density at radius 1 is 1.03 bits per heavy atom. The second-order valence-electron chi connectivity index (χ2n) is 7.90. The summed E-state index contributed by atoms with van der Waals surface area (Å²) < 4.78 is 11.4. The number of carbonyl (C=O) groups excluding carboxylic acids is 2. The van der Waals surface area contributed by atoms with Crippen molar-refractivity contribution in [2.75, 3.05) is 31.2 Å². The normalized spacial score (nSPS) is 17.8. The molecule has 5 rings (SSSR count). The molecule has 6 nitrogen and oxygen atoms in total. The molecular weight excluding hydrogens is 444 g/mol. The van der Waals surface area contributed by atoms with Crippen LogP contribution in [0, 0.1) is 5.92 Å². The molecule has 1 saturated heterocycles. The number of rotatable bonds is 5. The number of amides is 2. The zero-order chi connectivity index (χ0) is 21.9. The molecule has 166 valence electrons. The molecule has 2 aliphatic heterocycles. The Hall–Kier alpha value is -2.84. The minimum absolute atomic E-state index is 0.0154. The first-order valence-corrected chi connectivity index (χ1v) is 12.5. The van der Waals surface area contributed by atoms with Crippen molar-refractivity contribution >= 4 is 40.2 Å². The Morgan fingerprint density at radius 2 is 1.84 bits per heavy atom. The Kier molecular flexibility index (Phi) is 6.14. The highest BCUT2D eigenvalue weighted by molar-refractivity contribution is 7.12. The first kappa shape index (κ1) is 21.0. The van der Waals surface area contributed by atoms with Crippen molar-refractivity contribution in [2.45, 2.75) is 19.4 Å². The third-order valence-corrected chi connectivity index (χ3v) is 7.51. The average Bonchev–Trinajstić information content (AvgIpc) is 3.56. The fraction of sp³-hybridized carbons (Fsp3) is 0.333. The maximum absolute atomic E-state index is 13.8. The largest absolute Gasteiger partial charge is 0.486 e. The van der Waals surface area contributed by atoms with Gasteiger partial charge in [0.2, 0.25) is 5.91 Å². The van der Waals surface area contributed by atoms with E-state index in [1.165, 1.54) is 11.3 Å². The van der Waals surface area contributed by atoms with E-state index in [4.69, 9.17) is 9.47 Å². The number of likely N-dealkylation sites (tertiary alicyclic amines) is 1. The van der Waals surface area contributed by atoms with E-state index in [-0.39, 0.29) is 17.7 Å². The van der Waals surface area contributed by atoms with E-state index in [0.717, 1.165) is 28.3 Å². The average molecular weight is 469 g/mol. The maximum atomic E-state index is 13.8. The van der Waals surface area contributed by atoms with Gasteiger partial charge < -0.3 is 19.3 Å². The van der Waals surface area contributed by atoms with Crippen molar-refractivity contribution in [1.29, 1.82) is 0 Å². The third kappa shape index (κ3) is 4.38. The first-order chi connectivity index (χ1) is 15.7. The second-order valence-corrected chi connectivity index (χ2v) is 9.88. The van der Waals surface area contributed by atoms with Crippen molar-refractivity contribution in [3.05, 3.63) is 63.0 Å². The summed E-state index contributed by atoms with van der Waals surface area (Å²) in [5.74, 6) is 1.19. The molecule has 2 aromatic heterocycles. The van der Waals surface area contributed by atoms with Crippen LogP contribution < -0.4 is 14.4 Å². The smallest absolute Gasteiger partial charge is 0.263 e. The first-order valence-electron chi connectivity index (χ1n) is 10.8. The van der Waals surface area contributed by atoms with Gasteiger partial charge in [0.15, 0.2) is 11.5 Å². The highest BCUT2D eigenvalue weighted by Gasteiger charge is 2.33. The monoisotopic (exact) mass is 468 g/mol. The number of nitrogens with zero attached hydrogens (tertiary/aromatic N) is 2. The summed E-state index contributed by atoms with van der Waals surface area (Å²) >= 11 is 3.07. The number of hydrogen-bond acceptors (Lipinski definition) is 6. The molecule has 0 bridgehead atoms. The van der Waals surface area contributed by atoms with Crippen molar-refractivity contribution in [2.24, 2.45) is 5.92 Å². The predicted octanol–water partition coefficient (Wildman–Crippen LogP) is 4.67. The zero-order valence-corrected chi connectivity index (χ0v) is 19.2. The third-order valence-electron chi connectivity index (χ3n) is 5.79. The van der Waals surface area contributed by atoms with Gasteiger partial charge in [0.1, 0.15) is 13.2 Å². The molecule has 4 heterocycles. The summed E-state index contributed by atoms with van der Waals surface area (Å²) in [6.07, 6.45) is 1.60. The van der Waals surface area contributed by atoms with E-state index in [2.05, 4.69) is 0 Å². The Morgan fingerprint density at radius 3 is 2.62 bits per heavy atom. The number of ether oxygens (including phenoxy) is 2. The molecule has 0 radical (unpaired) electrons. The molecule has 0 N–H and O–H groups in total. The summed E-state index contributed by atoms with van der Waals surface area (Å²) in [5.41, 5.74) is 0.786. The number of anilines is 1. The van der Waals surface area contributed by atoms with Gasteiger partial charge >= 0.3 is 0 Å². The molecule has 0 spiro atoms. The van der Waals surface area contributed by atoms with Crippen LogP contribution in [0.5, 0.6) is 11.5 Å². The van der Waals surface area contributed by atoms with Gasteiger partial charge in [-0.2, -0.15) is 0 Å². The van der Waals surface area contributed by atoms with Crippen LogP contribution in [0.1, 0.15) is 27.4 Å². The number of benzene rings is 1. The van der Waals surface area contributed by atoms with Gasteiger partial charge in [0.25, 0.3) is 5.91 Å². The number of carbonyl (C=O) groups is 2. The van der Waals surface area contributed by atoms with Gasteiger partial charge in [0.05, 0.1) is 17.3 Å². The summed E-state index contributed by atoms with van der Waals surface area (Å²) in [4.78, 5) is 32.1. The molecular formula is C24H24N2O4S2. The fourth-order valence-corrected chi connectivity index (χ4v) is 5.58. The van der Waals surface area contributed by atoms with Crippen LogP contribution >= 0.6 is 22.7 Å². The molecule has 3 aromatic rings. The molecule has 1 atom stereocenters. The van der Waals surface area contributed by atoms with Crippen LogP contribution in [0.3, 0.4) is 0 Å². The van der Waals surface area contributed by atoms with Crippen LogP contribution in [0.25, 0.3) is 0 Å². The predicted molar refractivity (Wildman–Crippen MR) is 126 cm³/mol. The van der Waals surface area contributed by atoms with Crippen LogP contribution in [0.2, 0.25) is 0 Å². The summed E-state index contributed by atoms with van der Waals surface area (Å²) in [6, 6.07) is 13.4. The van der Waals surface area contributed by atoms with Gasteiger partial charge in [-0.1, -0.05) is 12.1 Å². The SMILES string of the molecule is O=C(c1cccs1)N1CCCC(C(=O)N(Cc2cccs2)c2ccc3c(c2)OCCO3)C1. The van der Waals surface area contributed by atoms with E-state index in [0.29, 0.717) is 44.3 Å². The van der Waals surface area contributed by atoms with Crippen LogP contribution in [0.4, 0.5) is 5.69 Å². The van der Waals surface area contributed by atoms with Gasteiger partial charge in [-0.15, -0.1) is 22.7 Å². The standard InChI is InChI=1S/C24H24N2O4S2/c27-23(17-4-1-9-25(15-17)24(28)22-6-3-13-32-22)26(16-19-5-2-12-31-19)18-7-8-20-21(14-18)30-11-10-29-20/h2-3,5-8,12-14,17H,1,4,9-11,15-16H2. The van der Waals surface area contributed by atoms with E-state index < -0.39 is 0 Å². The summed E-state index contributed by atoms with van der Waals surface area (Å²) in [6.45, 7) is 2.65. The molecule has 0 aliphatic carbocycles. The minimum atomic E-state index is -0.235. The molecule has 32 heavy (non-hydrogen) atoms. The molecule has 1 unspecified atom stereocenters. The van der Waals surface area contributed by atoms with Crippen LogP contribution in [0.15, 0.2) is 53.2 Å². The lowest BCUT2D eigenvalue weighted by Crippen LogP contribution is -2.46. The molecule has 8 heteroatoms. The number of fused-ring (bicyclic) bond motifs is 1. The Labute approximate surface area is 195 Å². The van der Waals surface area contributed by atoms with Gasteiger partial charge in [-0.05, 0) is 47.9 Å². The van der Waals surface area contributed by atoms with E-state index in [1.807, 2.05) is 63.0 Å². The molecule has 2 amide bonds. The summed E-state index contributed by atoms with van der Waals surface area (Å²) in [7, 11) is 0. The minimum Gasteiger partial charge on any atom is -0.486 e. The molecule has 0 saturated carbocycles. The maximum Gasteiger partial charge on any atom is 0.263 e. The number of piperidine rings is 1. The van der Waals surface area contributed by atoms with Crippen LogP contribution in [-0.2, 0) is 11.3 Å². The highest BCUT2D eigenvalue weighted by Crippen LogP contribution is 2.36. The lowest BCUT2D eigenvalue weighted by molar-refractivity contribution is -0.123. The van der Waals surface area contributed by atoms with E-state index in [1.54, 1.807) is 11.3 Å². The zero-order valence-electron chi connectivity index (χ0n) is 17.6. The van der Waals surface area contributed by atoms with Crippen molar-refractivity contribution in [3.8, 4) is 11.5 Å². The van der Waals surface area contributed by atoms with Crippen LogP contribution in [-0.4, -0.2) is 43.0 Å². The molecule has 1 fully saturated rings. The lowest BCUT2D eigenvalue weighted by Gasteiger charge is -2.35. The van der Waals surface area contributed by atoms with E-state index >= 15 is 0 Å². The topological polar surface area (TPSA) is 59.1 Å². The summed E-state index contributed by atoms with van der Waals surface area (Å²) in [5, 5.41) is 3.92. The number of thiophene rings is 2. The van der Waals surface area contributed by atoms with Gasteiger partial charge in [-0.3, -0.25) is 9.59 Å². The second kappa shape index (κ2) is 9.34. The highest BCUT2D eigenvalue weighted by atomic mass is 32.1. The number of hydrogen-bond donors (Lipinski definition) is 0. The Bertz CT molecular complexity index is 1080. The Balaban J connectivity index is 1.39. The fourth-order valence-electron chi connectivity index (χ4n) is 4.19. The quantitative estimate of drug-likeness (QED) is 0.546. The van der Waals surface area contributed by atoms with E-state index in [9.17, 15) is 9.59 Å². The van der Waals surface area contributed by atoms with Gasteiger partial charge in [-0.25, -0.2) is 0 Å². The lowest BCUT2D eigenvalue weighted by atomic mass is 9.96. The van der Waals surface area contributed by atoms with Crippen molar-refractivity contribution < 1.29 is 19.1 Å². The van der Waals surface area contributed by atoms with Crippen molar-refractivity contribution in [3.63, 3.8) is 0 Å². The van der Waals surface area contributed by atoms with Gasteiger partial charge in [0, 0.05) is 29.7 Å². The molecule has 2 aliphatic rings. The van der Waals surface area contributed by atoms with Crippen molar-refractivity contribution in [1.82, 2.24) is 4.90 Å².